The van der Waals surface area contributed by atoms with Gasteiger partial charge in [-0.25, -0.2) is 15.0 Å². The van der Waals surface area contributed by atoms with Gasteiger partial charge in [-0.3, -0.25) is 4.79 Å². The highest BCUT2D eigenvalue weighted by Crippen LogP contribution is 2.20. The lowest BCUT2D eigenvalue weighted by Crippen LogP contribution is -2.30. The lowest BCUT2D eigenvalue weighted by molar-refractivity contribution is -0.125. The van der Waals surface area contributed by atoms with Gasteiger partial charge in [0.2, 0.25) is 5.91 Å². The average Bonchev–Trinajstić information content (AvgIpc) is 3.45. The lowest BCUT2D eigenvalue weighted by Gasteiger charge is -2.16. The number of nitrogens with one attached hydrogen (secondary N) is 2. The van der Waals surface area contributed by atoms with Gasteiger partial charge < -0.3 is 24.8 Å². The molecule has 33 heavy (non-hydrogen) atoms. The van der Waals surface area contributed by atoms with E-state index < -0.39 is 0 Å². The number of rotatable bonds is 7. The Labute approximate surface area is 192 Å². The average molecular weight is 446 g/mol. The van der Waals surface area contributed by atoms with E-state index >= 15 is 0 Å². The molecule has 1 unspecified atom stereocenters. The van der Waals surface area contributed by atoms with Gasteiger partial charge in [-0.15, -0.1) is 0 Å². The van der Waals surface area contributed by atoms with E-state index in [-0.39, 0.29) is 18.6 Å². The molecule has 3 aromatic rings. The Hall–Kier alpha value is -3.90. The number of nitrogens with zero attached hydrogens (tertiary/aromatic N) is 5. The number of aromatic nitrogens is 4. The number of imidazole rings is 1. The van der Waals surface area contributed by atoms with Gasteiger partial charge in [-0.05, 0) is 38.6 Å². The van der Waals surface area contributed by atoms with Crippen molar-refractivity contribution < 1.29 is 9.53 Å². The number of aromatic amines is 1. The van der Waals surface area contributed by atoms with Crippen molar-refractivity contribution >= 4 is 22.9 Å². The van der Waals surface area contributed by atoms with Crippen LogP contribution in [0.2, 0.25) is 0 Å². The van der Waals surface area contributed by atoms with Crippen molar-refractivity contribution in [2.45, 2.75) is 12.5 Å². The van der Waals surface area contributed by atoms with Crippen LogP contribution in [0.1, 0.15) is 12.2 Å². The number of ether oxygens (including phenoxy) is 1. The maximum absolute atomic E-state index is 12.4. The van der Waals surface area contributed by atoms with Crippen molar-refractivity contribution in [3.8, 4) is 17.6 Å². The Morgan fingerprint density at radius 1 is 1.33 bits per heavy atom. The molecule has 2 N–H and O–H groups in total. The standard InChI is InChI=1S/C24H27N7O2/c1-30(2)13-6-11-21(32)31-14-12-18(16-31)27-23-22-24(26-17-25-23)29-20(28-22)10-7-15-33-19-8-4-3-5-9-19/h3-6,8-9,11,17-18H,12-16H2,1-2H3,(H2,25,26,27,28,29). The summed E-state index contributed by atoms with van der Waals surface area (Å²) < 4.78 is 5.58. The molecule has 9 nitrogen and oxygen atoms in total. The number of carbonyl (C=O) groups excluding carboxylic acids is 1. The quantitative estimate of drug-likeness (QED) is 0.423. The van der Waals surface area contributed by atoms with Crippen LogP contribution in [0.3, 0.4) is 0 Å². The van der Waals surface area contributed by atoms with Crippen LogP contribution in [0, 0.1) is 11.8 Å². The molecule has 170 valence electrons. The highest BCUT2D eigenvalue weighted by Gasteiger charge is 2.26. The normalized spacial score (nSPS) is 15.7. The van der Waals surface area contributed by atoms with Crippen LogP contribution in [0.25, 0.3) is 11.2 Å². The van der Waals surface area contributed by atoms with Crippen LogP contribution < -0.4 is 10.1 Å². The van der Waals surface area contributed by atoms with Crippen molar-refractivity contribution in [2.75, 3.05) is 45.7 Å². The number of hydrogen-bond acceptors (Lipinski definition) is 7. The lowest BCUT2D eigenvalue weighted by atomic mass is 10.2. The van der Waals surface area contributed by atoms with Crippen LogP contribution in [0.15, 0.2) is 48.8 Å². The Kier molecular flexibility index (Phi) is 7.17. The van der Waals surface area contributed by atoms with E-state index in [0.29, 0.717) is 35.9 Å². The van der Waals surface area contributed by atoms with Gasteiger partial charge in [0.25, 0.3) is 0 Å². The number of para-hydroxylation sites is 1. The van der Waals surface area contributed by atoms with Gasteiger partial charge in [-0.2, -0.15) is 0 Å². The number of likely N-dealkylation sites (tertiary alicyclic amines) is 1. The van der Waals surface area contributed by atoms with Crippen molar-refractivity contribution in [3.63, 3.8) is 0 Å². The molecular formula is C24H27N7O2. The van der Waals surface area contributed by atoms with Gasteiger partial charge in [-0.1, -0.05) is 30.2 Å². The number of amides is 1. The molecule has 1 fully saturated rings. The number of fused-ring (bicyclic) bond motifs is 1. The first-order chi connectivity index (χ1) is 16.1. The number of H-pyrrole nitrogens is 1. The summed E-state index contributed by atoms with van der Waals surface area (Å²) in [4.78, 5) is 32.5. The van der Waals surface area contributed by atoms with E-state index in [2.05, 4.69) is 37.1 Å². The second kappa shape index (κ2) is 10.6. The largest absolute Gasteiger partial charge is 0.481 e. The number of carbonyl (C=O) groups is 1. The maximum Gasteiger partial charge on any atom is 0.246 e. The fourth-order valence-electron chi connectivity index (χ4n) is 3.49. The molecule has 0 spiro atoms. The molecule has 0 saturated carbocycles. The Balaban J connectivity index is 1.36. The predicted octanol–water partition coefficient (Wildman–Crippen LogP) is 1.91. The SMILES string of the molecule is CN(C)CC=CC(=O)N1CCC(Nc2ncnc3nc(C#CCOc4ccccc4)[nH]c23)C1. The molecular weight excluding hydrogens is 418 g/mol. The molecule has 1 aliphatic rings. The topological polar surface area (TPSA) is 99.3 Å². The molecule has 9 heteroatoms. The molecule has 0 radical (unpaired) electrons. The van der Waals surface area contributed by atoms with Crippen molar-refractivity contribution in [1.29, 1.82) is 0 Å². The molecule has 3 heterocycles. The summed E-state index contributed by atoms with van der Waals surface area (Å²) in [7, 11) is 3.94. The van der Waals surface area contributed by atoms with Crippen molar-refractivity contribution in [1.82, 2.24) is 29.7 Å². The molecule has 0 aliphatic carbocycles. The van der Waals surface area contributed by atoms with Crippen LogP contribution in [0.4, 0.5) is 5.82 Å². The summed E-state index contributed by atoms with van der Waals surface area (Å²) in [6, 6.07) is 9.63. The second-order valence-corrected chi connectivity index (χ2v) is 7.99. The minimum Gasteiger partial charge on any atom is -0.481 e. The van der Waals surface area contributed by atoms with Crippen molar-refractivity contribution in [2.24, 2.45) is 0 Å². The Morgan fingerprint density at radius 3 is 3.00 bits per heavy atom. The summed E-state index contributed by atoms with van der Waals surface area (Å²) in [6.07, 6.45) is 5.85. The molecule has 2 aromatic heterocycles. The first-order valence-electron chi connectivity index (χ1n) is 10.8. The minimum absolute atomic E-state index is 0.0332. The second-order valence-electron chi connectivity index (χ2n) is 7.99. The zero-order valence-corrected chi connectivity index (χ0v) is 18.8. The summed E-state index contributed by atoms with van der Waals surface area (Å²) >= 11 is 0. The maximum atomic E-state index is 12.4. The van der Waals surface area contributed by atoms with E-state index in [0.717, 1.165) is 18.7 Å². The minimum atomic E-state index is 0.0332. The van der Waals surface area contributed by atoms with Crippen molar-refractivity contribution in [3.05, 3.63) is 54.6 Å². The first kappa shape index (κ1) is 22.3. The summed E-state index contributed by atoms with van der Waals surface area (Å²) in [6.45, 7) is 2.32. The van der Waals surface area contributed by atoms with Crippen LogP contribution in [-0.4, -0.2) is 82.0 Å². The van der Waals surface area contributed by atoms with Gasteiger partial charge in [0, 0.05) is 31.8 Å². The Bertz CT molecular complexity index is 1180. The molecule has 1 aliphatic heterocycles. The third kappa shape index (κ3) is 6.08. The highest BCUT2D eigenvalue weighted by atomic mass is 16.5. The van der Waals surface area contributed by atoms with E-state index in [1.54, 1.807) is 6.08 Å². The third-order valence-electron chi connectivity index (χ3n) is 5.12. The summed E-state index contributed by atoms with van der Waals surface area (Å²) in [5, 5.41) is 3.42. The number of likely N-dealkylation sites (N-methyl/N-ethyl adjacent to an activating group) is 1. The van der Waals surface area contributed by atoms with Gasteiger partial charge in [0.15, 0.2) is 17.3 Å². The van der Waals surface area contributed by atoms with Crippen LogP contribution in [0.5, 0.6) is 5.75 Å². The van der Waals surface area contributed by atoms with Gasteiger partial charge in [0.1, 0.15) is 24.2 Å². The van der Waals surface area contributed by atoms with E-state index in [1.165, 1.54) is 6.33 Å². The molecule has 1 amide bonds. The summed E-state index contributed by atoms with van der Waals surface area (Å²) in [5.41, 5.74) is 1.24. The third-order valence-corrected chi connectivity index (χ3v) is 5.12. The van der Waals surface area contributed by atoms with Crippen LogP contribution in [-0.2, 0) is 4.79 Å². The fourth-order valence-corrected chi connectivity index (χ4v) is 3.49. The molecule has 1 aromatic carbocycles. The summed E-state index contributed by atoms with van der Waals surface area (Å²) in [5.74, 6) is 7.89. The number of hydrogen-bond donors (Lipinski definition) is 2. The van der Waals surface area contributed by atoms with E-state index in [1.807, 2.05) is 60.3 Å². The zero-order valence-electron chi connectivity index (χ0n) is 18.8. The fraction of sp³-hybridized carbons (Fsp3) is 0.333. The molecule has 4 rings (SSSR count). The molecule has 0 bridgehead atoms. The predicted molar refractivity (Wildman–Crippen MR) is 127 cm³/mol. The molecule has 1 saturated heterocycles. The number of anilines is 1. The Morgan fingerprint density at radius 2 is 2.18 bits per heavy atom. The van der Waals surface area contributed by atoms with Crippen LogP contribution >= 0.6 is 0 Å². The number of benzene rings is 1. The van der Waals surface area contributed by atoms with Gasteiger partial charge in [0.05, 0.1) is 0 Å². The molecule has 1 atom stereocenters. The highest BCUT2D eigenvalue weighted by molar-refractivity contribution is 5.88. The monoisotopic (exact) mass is 445 g/mol. The first-order valence-corrected chi connectivity index (χ1v) is 10.8. The van der Waals surface area contributed by atoms with Gasteiger partial charge >= 0.3 is 0 Å². The zero-order chi connectivity index (χ0) is 23.0. The van der Waals surface area contributed by atoms with E-state index in [4.69, 9.17) is 4.74 Å². The van der Waals surface area contributed by atoms with E-state index in [9.17, 15) is 4.79 Å². The smallest absolute Gasteiger partial charge is 0.246 e.